The molecule has 0 aliphatic rings. The van der Waals surface area contributed by atoms with E-state index in [0.717, 1.165) is 12.8 Å². The van der Waals surface area contributed by atoms with Crippen LogP contribution in [0, 0.1) is 0 Å². The normalized spacial score (nSPS) is 9.67. The van der Waals surface area contributed by atoms with Gasteiger partial charge in [0.05, 0.1) is 0 Å². The molecular weight excluding hydrogens is 360 g/mol. The van der Waals surface area contributed by atoms with E-state index in [2.05, 4.69) is 6.92 Å². The average molecular weight is 384 g/mol. The van der Waals surface area contributed by atoms with E-state index < -0.39 is 5.97 Å². The second kappa shape index (κ2) is 14.2. The minimum Gasteiger partial charge on any atom is -0.481 e. The van der Waals surface area contributed by atoms with Gasteiger partial charge in [0, 0.05) is 27.5 Å². The molecule has 1 N–H and O–H groups in total. The van der Waals surface area contributed by atoms with E-state index in [9.17, 15) is 4.79 Å². The van der Waals surface area contributed by atoms with Crippen LogP contribution < -0.4 is 0 Å². The van der Waals surface area contributed by atoms with Gasteiger partial charge < -0.3 is 5.11 Å². The van der Waals surface area contributed by atoms with Crippen LogP contribution in [0.4, 0.5) is 0 Å². The van der Waals surface area contributed by atoms with Crippen molar-refractivity contribution in [2.45, 2.75) is 71.1 Å². The standard InChI is InChI=1S/C12H24O2.W/c1-2-3-4-5-6-7-8-9-10-11-12(13)14;/h2-11H2,1H3,(H,13,14);. The van der Waals surface area contributed by atoms with Crippen LogP contribution in [0.15, 0.2) is 0 Å². The minimum absolute atomic E-state index is 0. The Morgan fingerprint density at radius 2 is 1.27 bits per heavy atom. The third-order valence-electron chi connectivity index (χ3n) is 2.49. The molecule has 0 heterocycles. The number of rotatable bonds is 10. The summed E-state index contributed by atoms with van der Waals surface area (Å²) < 4.78 is 0. The number of carboxylic acid groups (broad SMARTS) is 1. The Morgan fingerprint density at radius 3 is 1.67 bits per heavy atom. The van der Waals surface area contributed by atoms with Gasteiger partial charge >= 0.3 is 5.97 Å². The Labute approximate surface area is 108 Å². The van der Waals surface area contributed by atoms with E-state index in [1.165, 1.54) is 44.9 Å². The first kappa shape index (κ1) is 17.5. The molecule has 0 aliphatic heterocycles. The Morgan fingerprint density at radius 1 is 0.867 bits per heavy atom. The van der Waals surface area contributed by atoms with Crippen molar-refractivity contribution in [3.63, 3.8) is 0 Å². The Balaban J connectivity index is 0. The van der Waals surface area contributed by atoms with E-state index >= 15 is 0 Å². The Kier molecular flexibility index (Phi) is 16.6. The summed E-state index contributed by atoms with van der Waals surface area (Å²) in [5.41, 5.74) is 0. The Bertz CT molecular complexity index is 138. The van der Waals surface area contributed by atoms with E-state index in [4.69, 9.17) is 5.11 Å². The van der Waals surface area contributed by atoms with Crippen molar-refractivity contribution < 1.29 is 31.0 Å². The maximum atomic E-state index is 10.2. The van der Waals surface area contributed by atoms with Gasteiger partial charge in [-0.2, -0.15) is 0 Å². The van der Waals surface area contributed by atoms with Crippen LogP contribution >= 0.6 is 0 Å². The molecule has 0 aromatic heterocycles. The molecule has 0 aromatic carbocycles. The van der Waals surface area contributed by atoms with Gasteiger partial charge in [-0.05, 0) is 6.42 Å². The third kappa shape index (κ3) is 16.8. The van der Waals surface area contributed by atoms with E-state index in [-0.39, 0.29) is 21.1 Å². The summed E-state index contributed by atoms with van der Waals surface area (Å²) in [5.74, 6) is -0.659. The molecule has 0 unspecified atom stereocenters. The molecule has 0 amide bonds. The Hall–Kier alpha value is 0.158. The molecule has 0 fully saturated rings. The summed E-state index contributed by atoms with van der Waals surface area (Å²) in [6, 6.07) is 0. The fourth-order valence-corrected chi connectivity index (χ4v) is 1.59. The molecule has 3 heteroatoms. The van der Waals surface area contributed by atoms with E-state index in [1.807, 2.05) is 0 Å². The third-order valence-corrected chi connectivity index (χ3v) is 2.49. The molecule has 0 radical (unpaired) electrons. The van der Waals surface area contributed by atoms with Gasteiger partial charge in [-0.1, -0.05) is 58.3 Å². The zero-order valence-electron chi connectivity index (χ0n) is 9.83. The molecule has 0 spiro atoms. The first-order valence-corrected chi connectivity index (χ1v) is 5.99. The van der Waals surface area contributed by atoms with Crippen molar-refractivity contribution >= 4 is 5.97 Å². The van der Waals surface area contributed by atoms with E-state index in [1.54, 1.807) is 0 Å². The van der Waals surface area contributed by atoms with Crippen molar-refractivity contribution in [2.24, 2.45) is 0 Å². The predicted octanol–water partition coefficient (Wildman–Crippen LogP) is 3.99. The fourth-order valence-electron chi connectivity index (χ4n) is 1.59. The predicted molar refractivity (Wildman–Crippen MR) is 59.5 cm³/mol. The summed E-state index contributed by atoms with van der Waals surface area (Å²) in [6.45, 7) is 2.23. The van der Waals surface area contributed by atoms with Gasteiger partial charge in [-0.25, -0.2) is 0 Å². The van der Waals surface area contributed by atoms with Gasteiger partial charge in [0.2, 0.25) is 0 Å². The molecule has 2 nitrogen and oxygen atoms in total. The van der Waals surface area contributed by atoms with Crippen LogP contribution in [0.2, 0.25) is 0 Å². The maximum Gasteiger partial charge on any atom is 0.303 e. The zero-order chi connectivity index (χ0) is 10.6. The first-order valence-electron chi connectivity index (χ1n) is 5.99. The van der Waals surface area contributed by atoms with Gasteiger partial charge in [-0.15, -0.1) is 0 Å². The summed E-state index contributed by atoms with van der Waals surface area (Å²) >= 11 is 0. The monoisotopic (exact) mass is 384 g/mol. The van der Waals surface area contributed by atoms with Crippen LogP contribution in [0.3, 0.4) is 0 Å². The number of aliphatic carboxylic acids is 1. The topological polar surface area (TPSA) is 37.3 Å². The minimum atomic E-state index is -0.659. The summed E-state index contributed by atoms with van der Waals surface area (Å²) in [5, 5.41) is 8.41. The van der Waals surface area contributed by atoms with Gasteiger partial charge in [-0.3, -0.25) is 4.79 Å². The van der Waals surface area contributed by atoms with Crippen LogP contribution in [-0.4, -0.2) is 11.1 Å². The molecule has 0 atom stereocenters. The van der Waals surface area contributed by atoms with Gasteiger partial charge in [0.1, 0.15) is 0 Å². The molecule has 15 heavy (non-hydrogen) atoms. The summed E-state index contributed by atoms with van der Waals surface area (Å²) in [7, 11) is 0. The van der Waals surface area contributed by atoms with Crippen LogP contribution in [0.1, 0.15) is 71.1 Å². The van der Waals surface area contributed by atoms with Crippen LogP contribution in [0.25, 0.3) is 0 Å². The van der Waals surface area contributed by atoms with Gasteiger partial charge in [0.25, 0.3) is 0 Å². The van der Waals surface area contributed by atoms with Crippen molar-refractivity contribution in [3.8, 4) is 0 Å². The molecule has 0 saturated heterocycles. The smallest absolute Gasteiger partial charge is 0.303 e. The summed E-state index contributed by atoms with van der Waals surface area (Å²) in [6.07, 6.45) is 11.5. The quantitative estimate of drug-likeness (QED) is 0.579. The largest absolute Gasteiger partial charge is 0.481 e. The number of hydrogen-bond acceptors (Lipinski definition) is 1. The molecule has 0 aliphatic carbocycles. The number of carbonyl (C=O) groups is 1. The van der Waals surface area contributed by atoms with Crippen molar-refractivity contribution in [1.29, 1.82) is 0 Å². The van der Waals surface area contributed by atoms with Crippen LogP contribution in [-0.2, 0) is 25.9 Å². The number of hydrogen-bond donors (Lipinski definition) is 1. The van der Waals surface area contributed by atoms with Crippen molar-refractivity contribution in [1.82, 2.24) is 0 Å². The molecular formula is C12H24O2W. The van der Waals surface area contributed by atoms with Crippen LogP contribution in [0.5, 0.6) is 0 Å². The summed E-state index contributed by atoms with van der Waals surface area (Å²) in [4.78, 5) is 10.2. The molecule has 90 valence electrons. The second-order valence-electron chi connectivity index (χ2n) is 3.97. The molecule has 0 saturated carbocycles. The number of unbranched alkanes of at least 4 members (excludes halogenated alkanes) is 8. The van der Waals surface area contributed by atoms with Crippen molar-refractivity contribution in [3.05, 3.63) is 0 Å². The average Bonchev–Trinajstić information content (AvgIpc) is 2.15. The zero-order valence-corrected chi connectivity index (χ0v) is 12.8. The fraction of sp³-hybridized carbons (Fsp3) is 0.917. The molecule has 0 aromatic rings. The number of carboxylic acids is 1. The maximum absolute atomic E-state index is 10.2. The second-order valence-corrected chi connectivity index (χ2v) is 3.97. The van der Waals surface area contributed by atoms with Crippen molar-refractivity contribution in [2.75, 3.05) is 0 Å². The molecule has 0 rings (SSSR count). The van der Waals surface area contributed by atoms with Gasteiger partial charge in [0.15, 0.2) is 0 Å². The SMILES string of the molecule is CCCCCCCCCCCC(=O)O.[W]. The van der Waals surface area contributed by atoms with E-state index in [0.29, 0.717) is 6.42 Å². The first-order chi connectivity index (χ1) is 6.77. The molecule has 0 bridgehead atoms.